The molecule has 2 aliphatic carbocycles. The molecule has 4 nitrogen and oxygen atoms in total. The Morgan fingerprint density at radius 2 is 2.28 bits per heavy atom. The number of hydrogen-bond acceptors (Lipinski definition) is 4. The van der Waals surface area contributed by atoms with E-state index in [9.17, 15) is 9.59 Å². The number of rotatable bonds is 3. The number of carbonyl (C=O) groups is 2. The van der Waals surface area contributed by atoms with Crippen LogP contribution in [-0.4, -0.2) is 23.6 Å². The van der Waals surface area contributed by atoms with E-state index in [4.69, 9.17) is 9.47 Å². The molecule has 3 aliphatic rings. The van der Waals surface area contributed by atoms with E-state index in [1.165, 1.54) is 12.5 Å². The maximum atomic E-state index is 11.6. The molecule has 18 heavy (non-hydrogen) atoms. The molecule has 3 fully saturated rings. The van der Waals surface area contributed by atoms with Gasteiger partial charge in [0.15, 0.2) is 5.60 Å². The van der Waals surface area contributed by atoms with E-state index in [2.05, 4.69) is 6.58 Å². The van der Waals surface area contributed by atoms with Gasteiger partial charge in [-0.3, -0.25) is 4.79 Å². The van der Waals surface area contributed by atoms with Crippen LogP contribution in [0.15, 0.2) is 12.7 Å². The van der Waals surface area contributed by atoms with Crippen LogP contribution in [-0.2, 0) is 19.1 Å². The zero-order chi connectivity index (χ0) is 12.8. The van der Waals surface area contributed by atoms with Gasteiger partial charge in [-0.15, -0.1) is 0 Å². The van der Waals surface area contributed by atoms with Crippen molar-refractivity contribution in [3.05, 3.63) is 12.7 Å². The van der Waals surface area contributed by atoms with Gasteiger partial charge in [0.25, 0.3) is 0 Å². The molecular weight excluding hydrogens is 232 g/mol. The fourth-order valence-corrected chi connectivity index (χ4v) is 4.01. The van der Waals surface area contributed by atoms with Gasteiger partial charge in [-0.2, -0.15) is 0 Å². The van der Waals surface area contributed by atoms with Gasteiger partial charge in [-0.25, -0.2) is 4.79 Å². The van der Waals surface area contributed by atoms with Gasteiger partial charge in [0.2, 0.25) is 0 Å². The minimum absolute atomic E-state index is 0.170. The predicted octanol–water partition coefficient (Wildman–Crippen LogP) is 1.98. The van der Waals surface area contributed by atoms with Gasteiger partial charge in [-0.05, 0) is 38.0 Å². The van der Waals surface area contributed by atoms with Crippen LogP contribution in [0.4, 0.5) is 0 Å². The van der Waals surface area contributed by atoms with Crippen molar-refractivity contribution in [2.75, 3.05) is 0 Å². The Hall–Kier alpha value is -1.32. The van der Waals surface area contributed by atoms with Crippen LogP contribution in [0.5, 0.6) is 0 Å². The second-order valence-corrected chi connectivity index (χ2v) is 5.68. The number of ether oxygens (including phenoxy) is 2. The van der Waals surface area contributed by atoms with E-state index < -0.39 is 11.6 Å². The first-order chi connectivity index (χ1) is 8.64. The lowest BCUT2D eigenvalue weighted by atomic mass is 9.78. The van der Waals surface area contributed by atoms with Gasteiger partial charge in [0.05, 0.1) is 0 Å². The van der Waals surface area contributed by atoms with Crippen LogP contribution in [0.1, 0.15) is 38.5 Å². The monoisotopic (exact) mass is 250 g/mol. The predicted molar refractivity (Wildman–Crippen MR) is 63.6 cm³/mol. The number of hydrogen-bond donors (Lipinski definition) is 0. The van der Waals surface area contributed by atoms with Crippen molar-refractivity contribution in [1.29, 1.82) is 0 Å². The SMILES string of the molecule is C=CC(=O)OC1(C2CCC(=O)O2)CC2CCC1C2. The number of fused-ring (bicyclic) bond motifs is 2. The van der Waals surface area contributed by atoms with Crippen LogP contribution in [0.3, 0.4) is 0 Å². The molecule has 1 heterocycles. The molecule has 0 aromatic rings. The molecule has 0 aromatic carbocycles. The van der Waals surface area contributed by atoms with Crippen LogP contribution >= 0.6 is 0 Å². The Morgan fingerprint density at radius 1 is 1.44 bits per heavy atom. The van der Waals surface area contributed by atoms with E-state index in [-0.39, 0.29) is 12.1 Å². The quantitative estimate of drug-likeness (QED) is 0.567. The maximum absolute atomic E-state index is 11.6. The largest absolute Gasteiger partial charge is 0.458 e. The van der Waals surface area contributed by atoms with Crippen LogP contribution in [0.25, 0.3) is 0 Å². The molecule has 4 unspecified atom stereocenters. The molecule has 2 bridgehead atoms. The second-order valence-electron chi connectivity index (χ2n) is 5.68. The van der Waals surface area contributed by atoms with Gasteiger partial charge in [-0.1, -0.05) is 6.58 Å². The lowest BCUT2D eigenvalue weighted by Gasteiger charge is -2.40. The highest BCUT2D eigenvalue weighted by Gasteiger charge is 2.60. The first kappa shape index (κ1) is 11.8. The first-order valence-corrected chi connectivity index (χ1v) is 6.69. The highest BCUT2D eigenvalue weighted by atomic mass is 16.6. The van der Waals surface area contributed by atoms with Crippen molar-refractivity contribution in [3.8, 4) is 0 Å². The number of cyclic esters (lactones) is 1. The average molecular weight is 250 g/mol. The Morgan fingerprint density at radius 3 is 2.78 bits per heavy atom. The lowest BCUT2D eigenvalue weighted by molar-refractivity contribution is -0.184. The topological polar surface area (TPSA) is 52.6 Å². The smallest absolute Gasteiger partial charge is 0.330 e. The van der Waals surface area contributed by atoms with Crippen LogP contribution < -0.4 is 0 Å². The summed E-state index contributed by atoms with van der Waals surface area (Å²) < 4.78 is 11.1. The van der Waals surface area contributed by atoms with Crippen LogP contribution in [0.2, 0.25) is 0 Å². The molecule has 4 heteroatoms. The Kier molecular flexibility index (Phi) is 2.68. The minimum Gasteiger partial charge on any atom is -0.458 e. The Bertz CT molecular complexity index is 403. The fraction of sp³-hybridized carbons (Fsp3) is 0.714. The van der Waals surface area contributed by atoms with Crippen molar-refractivity contribution in [2.24, 2.45) is 11.8 Å². The maximum Gasteiger partial charge on any atom is 0.330 e. The summed E-state index contributed by atoms with van der Waals surface area (Å²) in [5, 5.41) is 0. The molecule has 0 N–H and O–H groups in total. The molecule has 4 atom stereocenters. The molecule has 1 aliphatic heterocycles. The third-order valence-electron chi connectivity index (χ3n) is 4.73. The summed E-state index contributed by atoms with van der Waals surface area (Å²) in [6, 6.07) is 0. The summed E-state index contributed by atoms with van der Waals surface area (Å²) >= 11 is 0. The summed E-state index contributed by atoms with van der Waals surface area (Å²) in [6.07, 6.45) is 6.28. The molecule has 0 radical (unpaired) electrons. The Labute approximate surface area is 106 Å². The second kappa shape index (κ2) is 4.11. The first-order valence-electron chi connectivity index (χ1n) is 6.69. The molecule has 98 valence electrons. The molecule has 0 amide bonds. The van der Waals surface area contributed by atoms with E-state index in [1.807, 2.05) is 0 Å². The van der Waals surface area contributed by atoms with Crippen molar-refractivity contribution < 1.29 is 19.1 Å². The van der Waals surface area contributed by atoms with Crippen molar-refractivity contribution in [2.45, 2.75) is 50.2 Å². The lowest BCUT2D eigenvalue weighted by Crippen LogP contribution is -2.50. The minimum atomic E-state index is -0.569. The summed E-state index contributed by atoms with van der Waals surface area (Å²) in [7, 11) is 0. The summed E-state index contributed by atoms with van der Waals surface area (Å²) in [6.45, 7) is 3.46. The number of carbonyl (C=O) groups excluding carboxylic acids is 2. The summed E-state index contributed by atoms with van der Waals surface area (Å²) in [4.78, 5) is 22.9. The van der Waals surface area contributed by atoms with Gasteiger partial charge in [0, 0.05) is 18.4 Å². The number of esters is 2. The van der Waals surface area contributed by atoms with Crippen molar-refractivity contribution in [3.63, 3.8) is 0 Å². The summed E-state index contributed by atoms with van der Waals surface area (Å²) in [5.74, 6) is 0.400. The Balaban J connectivity index is 1.86. The van der Waals surface area contributed by atoms with Gasteiger partial charge in [0.1, 0.15) is 6.10 Å². The highest BCUT2D eigenvalue weighted by Crippen LogP contribution is 2.56. The molecule has 2 saturated carbocycles. The van der Waals surface area contributed by atoms with Crippen LogP contribution in [0, 0.1) is 11.8 Å². The third kappa shape index (κ3) is 1.66. The highest BCUT2D eigenvalue weighted by molar-refractivity contribution is 5.82. The normalized spacial score (nSPS) is 41.8. The molecule has 1 saturated heterocycles. The van der Waals surface area contributed by atoms with E-state index in [0.29, 0.717) is 24.7 Å². The molecular formula is C14H18O4. The third-order valence-corrected chi connectivity index (χ3v) is 4.73. The van der Waals surface area contributed by atoms with Gasteiger partial charge >= 0.3 is 11.9 Å². The van der Waals surface area contributed by atoms with E-state index in [0.717, 1.165) is 19.3 Å². The average Bonchev–Trinajstić information content (AvgIpc) is 3.04. The zero-order valence-electron chi connectivity index (χ0n) is 10.4. The summed E-state index contributed by atoms with van der Waals surface area (Å²) in [5.41, 5.74) is -0.569. The standard InChI is InChI=1S/C14H18O4/c1-2-12(15)18-14(11-5-6-13(16)17-11)8-9-3-4-10(14)7-9/h2,9-11H,1,3-8H2. The van der Waals surface area contributed by atoms with E-state index in [1.54, 1.807) is 0 Å². The van der Waals surface area contributed by atoms with E-state index >= 15 is 0 Å². The molecule has 0 spiro atoms. The fourth-order valence-electron chi connectivity index (χ4n) is 4.01. The molecule has 3 rings (SSSR count). The molecule has 0 aromatic heterocycles. The van der Waals surface area contributed by atoms with Gasteiger partial charge < -0.3 is 9.47 Å². The van der Waals surface area contributed by atoms with Crippen molar-refractivity contribution >= 4 is 11.9 Å². The zero-order valence-corrected chi connectivity index (χ0v) is 10.4. The van der Waals surface area contributed by atoms with Crippen molar-refractivity contribution in [1.82, 2.24) is 0 Å².